The Balaban J connectivity index is 1.43. The molecule has 2 heterocycles. The Labute approximate surface area is 149 Å². The molecule has 0 aliphatic rings. The highest BCUT2D eigenvalue weighted by molar-refractivity contribution is 7.99. The average molecular weight is 361 g/mol. The lowest BCUT2D eigenvalue weighted by molar-refractivity contribution is 0.126. The number of nitrogens with zero attached hydrogens (tertiary/aromatic N) is 2. The maximum atomic E-state index is 10.0. The quantitative estimate of drug-likeness (QED) is 0.603. The van der Waals surface area contributed by atoms with Gasteiger partial charge in [0.1, 0.15) is 18.2 Å². The van der Waals surface area contributed by atoms with Crippen LogP contribution in [0.2, 0.25) is 0 Å². The van der Waals surface area contributed by atoms with Crippen molar-refractivity contribution in [1.29, 1.82) is 0 Å². The van der Waals surface area contributed by atoms with Gasteiger partial charge in [0, 0.05) is 17.1 Å². The van der Waals surface area contributed by atoms with E-state index in [-0.39, 0.29) is 6.61 Å². The molecule has 24 heavy (non-hydrogen) atoms. The van der Waals surface area contributed by atoms with Crippen LogP contribution in [0.15, 0.2) is 46.9 Å². The van der Waals surface area contributed by atoms with Crippen molar-refractivity contribution in [2.45, 2.75) is 24.6 Å². The molecule has 3 rings (SSSR count). The Morgan fingerprint density at radius 2 is 2.25 bits per heavy atom. The molecule has 2 N–H and O–H groups in total. The highest BCUT2D eigenvalue weighted by Gasteiger charge is 2.10. The number of aryl methyl sites for hydroxylation is 1. The minimum Gasteiger partial charge on any atom is -0.491 e. The Morgan fingerprint density at radius 3 is 3.04 bits per heavy atom. The minimum absolute atomic E-state index is 0.253. The van der Waals surface area contributed by atoms with Crippen LogP contribution in [0.3, 0.4) is 0 Å². The Kier molecular flexibility index (Phi) is 5.90. The molecule has 1 aromatic carbocycles. The van der Waals surface area contributed by atoms with Gasteiger partial charge in [-0.05, 0) is 36.1 Å². The third kappa shape index (κ3) is 5.09. The zero-order valence-corrected chi connectivity index (χ0v) is 14.9. The molecule has 0 fully saturated rings. The number of thiophene rings is 1. The second-order valence-corrected chi connectivity index (χ2v) is 7.43. The maximum absolute atomic E-state index is 10.0. The summed E-state index contributed by atoms with van der Waals surface area (Å²) in [6.07, 6.45) is 0.180. The maximum Gasteiger partial charge on any atom is 0.208 e. The number of aliphatic hydroxyl groups is 1. The first-order valence-corrected chi connectivity index (χ1v) is 9.49. The smallest absolute Gasteiger partial charge is 0.208 e. The molecule has 7 heteroatoms. The number of hydrogen-bond donors (Lipinski definition) is 2. The number of aromatic nitrogens is 3. The molecule has 3 aromatic rings. The van der Waals surface area contributed by atoms with Crippen LogP contribution in [-0.2, 0) is 6.42 Å². The lowest BCUT2D eigenvalue weighted by Gasteiger charge is -2.11. The van der Waals surface area contributed by atoms with Gasteiger partial charge in [0.25, 0.3) is 0 Å². The second kappa shape index (κ2) is 8.32. The molecule has 0 aliphatic heterocycles. The highest BCUT2D eigenvalue weighted by atomic mass is 32.2. The van der Waals surface area contributed by atoms with E-state index >= 15 is 0 Å². The average Bonchev–Trinajstić information content (AvgIpc) is 3.23. The Bertz CT molecular complexity index is 759. The van der Waals surface area contributed by atoms with Crippen LogP contribution in [0.1, 0.15) is 16.3 Å². The largest absolute Gasteiger partial charge is 0.491 e. The first kappa shape index (κ1) is 17.0. The van der Waals surface area contributed by atoms with Crippen LogP contribution in [0.5, 0.6) is 5.75 Å². The van der Waals surface area contributed by atoms with Crippen LogP contribution < -0.4 is 4.74 Å². The molecule has 0 bridgehead atoms. The van der Waals surface area contributed by atoms with Gasteiger partial charge >= 0.3 is 0 Å². The summed E-state index contributed by atoms with van der Waals surface area (Å²) in [5.74, 6) is 2.10. The number of benzene rings is 1. The zero-order chi connectivity index (χ0) is 16.8. The van der Waals surface area contributed by atoms with Gasteiger partial charge in [-0.1, -0.05) is 30.0 Å². The van der Waals surface area contributed by atoms with E-state index in [4.69, 9.17) is 4.74 Å². The molecule has 0 radical (unpaired) electrons. The summed E-state index contributed by atoms with van der Waals surface area (Å²) in [6.45, 7) is 2.26. The number of rotatable bonds is 8. The number of hydrogen-bond acceptors (Lipinski definition) is 6. The van der Waals surface area contributed by atoms with Crippen LogP contribution in [0.4, 0.5) is 0 Å². The van der Waals surface area contributed by atoms with Gasteiger partial charge in [-0.15, -0.1) is 16.4 Å². The molecule has 126 valence electrons. The lowest BCUT2D eigenvalue weighted by atomic mass is 10.2. The highest BCUT2D eigenvalue weighted by Crippen LogP contribution is 2.18. The SMILES string of the molecule is Cc1cccc(OCC(O)CSc2n[nH]c(Cc3cccs3)n2)c1. The molecular formula is C17H19N3O2S2. The van der Waals surface area contributed by atoms with E-state index in [1.807, 2.05) is 42.6 Å². The summed E-state index contributed by atoms with van der Waals surface area (Å²) in [6, 6.07) is 11.9. The molecule has 0 aliphatic carbocycles. The van der Waals surface area contributed by atoms with Gasteiger partial charge in [0.15, 0.2) is 0 Å². The summed E-state index contributed by atoms with van der Waals surface area (Å²) in [7, 11) is 0. The number of aromatic amines is 1. The topological polar surface area (TPSA) is 71.0 Å². The first-order chi connectivity index (χ1) is 11.7. The fourth-order valence-corrected chi connectivity index (χ4v) is 3.55. The summed E-state index contributed by atoms with van der Waals surface area (Å²) >= 11 is 3.12. The molecule has 1 unspecified atom stereocenters. The predicted octanol–water partition coefficient (Wildman–Crippen LogP) is 3.30. The van der Waals surface area contributed by atoms with Gasteiger partial charge in [0.05, 0.1) is 6.10 Å². The minimum atomic E-state index is -0.574. The summed E-state index contributed by atoms with van der Waals surface area (Å²) in [5.41, 5.74) is 1.13. The van der Waals surface area contributed by atoms with Crippen molar-refractivity contribution in [2.24, 2.45) is 0 Å². The van der Waals surface area contributed by atoms with E-state index in [0.717, 1.165) is 23.6 Å². The number of H-pyrrole nitrogens is 1. The molecule has 5 nitrogen and oxygen atoms in total. The standard InChI is InChI=1S/C17H19N3O2S2/c1-12-4-2-5-14(8-12)22-10-13(21)11-24-17-18-16(19-20-17)9-15-6-3-7-23-15/h2-8,13,21H,9-11H2,1H3,(H,18,19,20). The summed E-state index contributed by atoms with van der Waals surface area (Å²) in [5, 5.41) is 19.9. The number of ether oxygens (including phenoxy) is 1. The van der Waals surface area contributed by atoms with E-state index in [0.29, 0.717) is 10.9 Å². The van der Waals surface area contributed by atoms with Crippen molar-refractivity contribution in [2.75, 3.05) is 12.4 Å². The van der Waals surface area contributed by atoms with Crippen molar-refractivity contribution in [1.82, 2.24) is 15.2 Å². The third-order valence-electron chi connectivity index (χ3n) is 3.27. The molecule has 1 atom stereocenters. The van der Waals surface area contributed by atoms with Crippen molar-refractivity contribution in [3.05, 3.63) is 58.0 Å². The Hall–Kier alpha value is -1.83. The zero-order valence-electron chi connectivity index (χ0n) is 13.3. The van der Waals surface area contributed by atoms with Gasteiger partial charge < -0.3 is 9.84 Å². The van der Waals surface area contributed by atoms with Gasteiger partial charge in [-0.3, -0.25) is 5.10 Å². The van der Waals surface area contributed by atoms with E-state index in [1.54, 1.807) is 11.3 Å². The molecule has 2 aromatic heterocycles. The van der Waals surface area contributed by atoms with Crippen LogP contribution in [0, 0.1) is 6.92 Å². The van der Waals surface area contributed by atoms with E-state index in [9.17, 15) is 5.11 Å². The number of nitrogens with one attached hydrogen (secondary N) is 1. The van der Waals surface area contributed by atoms with Crippen molar-refractivity contribution < 1.29 is 9.84 Å². The molecule has 0 saturated heterocycles. The molecule has 0 amide bonds. The van der Waals surface area contributed by atoms with Gasteiger partial charge in [-0.25, -0.2) is 4.98 Å². The predicted molar refractivity (Wildman–Crippen MR) is 96.9 cm³/mol. The molecule has 0 saturated carbocycles. The van der Waals surface area contributed by atoms with Crippen LogP contribution in [0.25, 0.3) is 0 Å². The van der Waals surface area contributed by atoms with Crippen molar-refractivity contribution in [3.8, 4) is 5.75 Å². The van der Waals surface area contributed by atoms with Gasteiger partial charge in [0.2, 0.25) is 5.16 Å². The lowest BCUT2D eigenvalue weighted by Crippen LogP contribution is -2.20. The number of aliphatic hydroxyl groups excluding tert-OH is 1. The normalized spacial score (nSPS) is 12.2. The first-order valence-electron chi connectivity index (χ1n) is 7.63. The fraction of sp³-hybridized carbons (Fsp3) is 0.294. The van der Waals surface area contributed by atoms with Crippen molar-refractivity contribution in [3.63, 3.8) is 0 Å². The number of thioether (sulfide) groups is 1. The van der Waals surface area contributed by atoms with Gasteiger partial charge in [-0.2, -0.15) is 0 Å². The van der Waals surface area contributed by atoms with E-state index in [2.05, 4.69) is 21.2 Å². The fourth-order valence-electron chi connectivity index (χ4n) is 2.12. The summed E-state index contributed by atoms with van der Waals surface area (Å²) < 4.78 is 5.60. The molecular weight excluding hydrogens is 342 g/mol. The van der Waals surface area contributed by atoms with E-state index < -0.39 is 6.10 Å². The van der Waals surface area contributed by atoms with Crippen LogP contribution >= 0.6 is 23.1 Å². The van der Waals surface area contributed by atoms with Crippen molar-refractivity contribution >= 4 is 23.1 Å². The Morgan fingerprint density at radius 1 is 1.33 bits per heavy atom. The second-order valence-electron chi connectivity index (χ2n) is 5.41. The van der Waals surface area contributed by atoms with E-state index in [1.165, 1.54) is 16.6 Å². The third-order valence-corrected chi connectivity index (χ3v) is 5.14. The molecule has 0 spiro atoms. The summed E-state index contributed by atoms with van der Waals surface area (Å²) in [4.78, 5) is 5.68. The van der Waals surface area contributed by atoms with Crippen LogP contribution in [-0.4, -0.2) is 38.8 Å². The monoisotopic (exact) mass is 361 g/mol.